The Hall–Kier alpha value is -2.10. The number of aromatic amines is 1. The van der Waals surface area contributed by atoms with Crippen LogP contribution < -0.4 is 0 Å². The number of rotatable bonds is 4. The molecule has 1 N–H and O–H groups in total. The van der Waals surface area contributed by atoms with E-state index < -0.39 is 0 Å². The molecule has 1 aliphatic rings. The van der Waals surface area contributed by atoms with E-state index in [4.69, 9.17) is 4.74 Å². The molecular formula is C15H16N2O2. The summed E-state index contributed by atoms with van der Waals surface area (Å²) in [5.41, 5.74) is 2.38. The van der Waals surface area contributed by atoms with Gasteiger partial charge in [-0.2, -0.15) is 5.10 Å². The molecule has 98 valence electrons. The summed E-state index contributed by atoms with van der Waals surface area (Å²) in [4.78, 5) is 11.7. The van der Waals surface area contributed by atoms with Crippen molar-refractivity contribution in [3.63, 3.8) is 0 Å². The lowest BCUT2D eigenvalue weighted by molar-refractivity contribution is 0.0526. The van der Waals surface area contributed by atoms with E-state index in [1.54, 1.807) is 13.0 Å². The summed E-state index contributed by atoms with van der Waals surface area (Å²) < 4.78 is 5.01. The lowest BCUT2D eigenvalue weighted by Gasteiger charge is -2.01. The second-order valence-corrected chi connectivity index (χ2v) is 4.79. The molecule has 1 saturated carbocycles. The Kier molecular flexibility index (Phi) is 3.07. The summed E-state index contributed by atoms with van der Waals surface area (Å²) in [5, 5.41) is 8.20. The first-order valence-electron chi connectivity index (χ1n) is 6.61. The number of ether oxygens (including phenoxy) is 1. The molecule has 1 aromatic heterocycles. The summed E-state index contributed by atoms with van der Waals surface area (Å²) in [6.45, 7) is 2.19. The third-order valence-corrected chi connectivity index (χ3v) is 3.25. The molecule has 0 unspecified atom stereocenters. The summed E-state index contributed by atoms with van der Waals surface area (Å²) in [7, 11) is 0. The monoisotopic (exact) mass is 256 g/mol. The number of hydrogen-bond donors (Lipinski definition) is 1. The van der Waals surface area contributed by atoms with Gasteiger partial charge >= 0.3 is 5.97 Å². The van der Waals surface area contributed by atoms with Crippen molar-refractivity contribution in [2.75, 3.05) is 6.61 Å². The smallest absolute Gasteiger partial charge is 0.338 e. The van der Waals surface area contributed by atoms with E-state index in [1.165, 1.54) is 12.8 Å². The number of hydrogen-bond acceptors (Lipinski definition) is 3. The van der Waals surface area contributed by atoms with Crippen molar-refractivity contribution in [2.24, 2.45) is 5.92 Å². The van der Waals surface area contributed by atoms with Crippen molar-refractivity contribution in [3.8, 4) is 0 Å². The quantitative estimate of drug-likeness (QED) is 0.855. The third kappa shape index (κ3) is 2.52. The van der Waals surface area contributed by atoms with Gasteiger partial charge < -0.3 is 4.74 Å². The van der Waals surface area contributed by atoms with Gasteiger partial charge in [-0.3, -0.25) is 5.10 Å². The largest absolute Gasteiger partial charge is 0.462 e. The van der Waals surface area contributed by atoms with Gasteiger partial charge in [-0.1, -0.05) is 6.08 Å². The van der Waals surface area contributed by atoms with Crippen LogP contribution in [0, 0.1) is 5.92 Å². The van der Waals surface area contributed by atoms with E-state index in [0.717, 1.165) is 16.6 Å². The number of carbonyl (C=O) groups excluding carboxylic acids is 1. The predicted molar refractivity (Wildman–Crippen MR) is 73.8 cm³/mol. The highest BCUT2D eigenvalue weighted by Crippen LogP contribution is 2.31. The van der Waals surface area contributed by atoms with Gasteiger partial charge in [0.25, 0.3) is 0 Å². The van der Waals surface area contributed by atoms with Gasteiger partial charge in [-0.05, 0) is 50.0 Å². The van der Waals surface area contributed by atoms with Crippen LogP contribution in [-0.4, -0.2) is 22.8 Å². The predicted octanol–water partition coefficient (Wildman–Crippen LogP) is 3.16. The molecule has 3 rings (SSSR count). The first-order chi connectivity index (χ1) is 9.28. The van der Waals surface area contributed by atoms with Gasteiger partial charge in [0, 0.05) is 5.39 Å². The average molecular weight is 256 g/mol. The van der Waals surface area contributed by atoms with Crippen molar-refractivity contribution < 1.29 is 9.53 Å². The number of H-pyrrole nitrogens is 1. The van der Waals surface area contributed by atoms with Crippen LogP contribution in [0.3, 0.4) is 0 Å². The molecule has 0 saturated heterocycles. The first-order valence-corrected chi connectivity index (χ1v) is 6.61. The summed E-state index contributed by atoms with van der Waals surface area (Å²) in [5.74, 6) is 0.425. The molecule has 0 spiro atoms. The second-order valence-electron chi connectivity index (χ2n) is 4.79. The fraction of sp³-hybridized carbons (Fsp3) is 0.333. The topological polar surface area (TPSA) is 55.0 Å². The first kappa shape index (κ1) is 12.0. The van der Waals surface area contributed by atoms with Gasteiger partial charge in [0.1, 0.15) is 0 Å². The molecule has 2 aromatic rings. The van der Waals surface area contributed by atoms with E-state index in [1.807, 2.05) is 12.1 Å². The molecule has 4 heteroatoms. The Balaban J connectivity index is 1.95. The minimum absolute atomic E-state index is 0.289. The van der Waals surface area contributed by atoms with E-state index in [0.29, 0.717) is 18.1 Å². The van der Waals surface area contributed by atoms with E-state index >= 15 is 0 Å². The van der Waals surface area contributed by atoms with Crippen molar-refractivity contribution in [2.45, 2.75) is 19.8 Å². The maximum Gasteiger partial charge on any atom is 0.338 e. The Morgan fingerprint density at radius 3 is 3.11 bits per heavy atom. The van der Waals surface area contributed by atoms with E-state index in [2.05, 4.69) is 22.3 Å². The highest BCUT2D eigenvalue weighted by Gasteiger charge is 2.17. The van der Waals surface area contributed by atoms with Crippen LogP contribution in [0.2, 0.25) is 0 Å². The van der Waals surface area contributed by atoms with Crippen molar-refractivity contribution in [1.29, 1.82) is 0 Å². The van der Waals surface area contributed by atoms with Gasteiger partial charge in [-0.25, -0.2) is 4.79 Å². The number of nitrogens with zero attached hydrogens (tertiary/aromatic N) is 1. The van der Waals surface area contributed by atoms with Crippen LogP contribution in [0.5, 0.6) is 0 Å². The van der Waals surface area contributed by atoms with Crippen molar-refractivity contribution in [1.82, 2.24) is 10.2 Å². The molecule has 0 radical (unpaired) electrons. The summed E-state index contributed by atoms with van der Waals surface area (Å²) in [6, 6.07) is 5.42. The number of carbonyl (C=O) groups is 1. The zero-order valence-corrected chi connectivity index (χ0v) is 10.8. The van der Waals surface area contributed by atoms with Crippen LogP contribution in [-0.2, 0) is 4.74 Å². The Bertz CT molecular complexity index is 639. The molecule has 0 aliphatic heterocycles. The number of benzene rings is 1. The van der Waals surface area contributed by atoms with Gasteiger partial charge in [-0.15, -0.1) is 0 Å². The lowest BCUT2D eigenvalue weighted by atomic mass is 10.1. The molecule has 0 amide bonds. The summed E-state index contributed by atoms with van der Waals surface area (Å²) in [6.07, 6.45) is 6.80. The average Bonchev–Trinajstić information content (AvgIpc) is 3.16. The number of nitrogens with one attached hydrogen (secondary N) is 1. The number of fused-ring (bicyclic) bond motifs is 1. The molecule has 1 heterocycles. The molecule has 19 heavy (non-hydrogen) atoms. The maximum absolute atomic E-state index is 11.7. The minimum Gasteiger partial charge on any atom is -0.462 e. The lowest BCUT2D eigenvalue weighted by Crippen LogP contribution is -2.04. The number of esters is 1. The molecular weight excluding hydrogens is 240 g/mol. The van der Waals surface area contributed by atoms with Crippen molar-refractivity contribution >= 4 is 22.9 Å². The highest BCUT2D eigenvalue weighted by atomic mass is 16.5. The van der Waals surface area contributed by atoms with Crippen LogP contribution in [0.4, 0.5) is 0 Å². The summed E-state index contributed by atoms with van der Waals surface area (Å²) >= 11 is 0. The zero-order valence-electron chi connectivity index (χ0n) is 10.8. The number of aromatic nitrogens is 2. The highest BCUT2D eigenvalue weighted by molar-refractivity contribution is 5.96. The Labute approximate surface area is 111 Å². The molecule has 0 atom stereocenters. The van der Waals surface area contributed by atoms with Gasteiger partial charge in [0.2, 0.25) is 0 Å². The van der Waals surface area contributed by atoms with Crippen molar-refractivity contribution in [3.05, 3.63) is 35.5 Å². The fourth-order valence-corrected chi connectivity index (χ4v) is 2.02. The van der Waals surface area contributed by atoms with E-state index in [9.17, 15) is 4.79 Å². The van der Waals surface area contributed by atoms with Crippen LogP contribution in [0.1, 0.15) is 35.8 Å². The molecule has 0 bridgehead atoms. The van der Waals surface area contributed by atoms with E-state index in [-0.39, 0.29) is 5.97 Å². The Morgan fingerprint density at radius 1 is 1.53 bits per heavy atom. The fourth-order valence-electron chi connectivity index (χ4n) is 2.02. The minimum atomic E-state index is -0.289. The van der Waals surface area contributed by atoms with Gasteiger partial charge in [0.15, 0.2) is 0 Å². The SMILES string of the molecule is CCOC(=O)c1ccc2n[nH]c(/C=C/C3CC3)c2c1. The van der Waals surface area contributed by atoms with Gasteiger partial charge in [0.05, 0.1) is 23.4 Å². The zero-order chi connectivity index (χ0) is 13.2. The molecule has 4 nitrogen and oxygen atoms in total. The molecule has 1 aromatic carbocycles. The Morgan fingerprint density at radius 2 is 2.37 bits per heavy atom. The second kappa shape index (κ2) is 4.88. The standard InChI is InChI=1S/C15H16N2O2/c1-2-19-15(18)11-6-8-14-12(9-11)13(16-17-14)7-5-10-3-4-10/h5-10H,2-4H2,1H3,(H,16,17)/b7-5+. The van der Waals surface area contributed by atoms with Crippen LogP contribution in [0.25, 0.3) is 17.0 Å². The molecule has 1 fully saturated rings. The number of allylic oxidation sites excluding steroid dienone is 1. The van der Waals surface area contributed by atoms with Crippen LogP contribution >= 0.6 is 0 Å². The maximum atomic E-state index is 11.7. The third-order valence-electron chi connectivity index (χ3n) is 3.25. The van der Waals surface area contributed by atoms with Crippen LogP contribution in [0.15, 0.2) is 24.3 Å². The molecule has 1 aliphatic carbocycles. The normalized spacial score (nSPS) is 15.2.